The van der Waals surface area contributed by atoms with Gasteiger partial charge in [0.05, 0.1) is 13.7 Å². The van der Waals surface area contributed by atoms with Gasteiger partial charge in [0.2, 0.25) is 5.91 Å². The van der Waals surface area contributed by atoms with Gasteiger partial charge in [0.15, 0.2) is 5.12 Å². The molecule has 1 fully saturated rings. The molecular formula is C14H21NO6S. The first-order chi connectivity index (χ1) is 10.1. The van der Waals surface area contributed by atoms with Gasteiger partial charge in [0.25, 0.3) is 0 Å². The molecule has 22 heavy (non-hydrogen) atoms. The Morgan fingerprint density at radius 2 is 2.00 bits per heavy atom. The number of esters is 1. The molecule has 1 saturated heterocycles. The highest BCUT2D eigenvalue weighted by Crippen LogP contribution is 2.32. The minimum absolute atomic E-state index is 0.0797. The number of imide groups is 1. The molecule has 0 unspecified atom stereocenters. The summed E-state index contributed by atoms with van der Waals surface area (Å²) in [5.74, 6) is -3.16. The third-order valence-corrected chi connectivity index (χ3v) is 4.01. The summed E-state index contributed by atoms with van der Waals surface area (Å²) in [6.45, 7) is 5.89. The third kappa shape index (κ3) is 5.67. The zero-order chi connectivity index (χ0) is 16.9. The highest BCUT2D eigenvalue weighted by molar-refractivity contribution is 8.14. The summed E-state index contributed by atoms with van der Waals surface area (Å²) in [7, 11) is 1.11. The summed E-state index contributed by atoms with van der Waals surface area (Å²) in [5, 5.41) is 1.87. The number of alkyl carbamates (subject to hydrolysis) is 1. The number of nitrogens with one attached hydrogen (secondary N) is 1. The number of carbonyl (C=O) groups is 4. The molecule has 0 aromatic rings. The Hall–Kier alpha value is -1.57. The molecule has 0 bridgehead atoms. The van der Waals surface area contributed by atoms with E-state index in [1.54, 1.807) is 0 Å². The van der Waals surface area contributed by atoms with Gasteiger partial charge < -0.3 is 9.47 Å². The highest BCUT2D eigenvalue weighted by atomic mass is 32.2. The Morgan fingerprint density at radius 3 is 2.55 bits per heavy atom. The Bertz CT molecular complexity index is 470. The van der Waals surface area contributed by atoms with Crippen LogP contribution in [0.15, 0.2) is 0 Å². The smallest absolute Gasteiger partial charge is 0.413 e. The molecule has 0 spiro atoms. The predicted molar refractivity (Wildman–Crippen MR) is 80.1 cm³/mol. The van der Waals surface area contributed by atoms with E-state index in [9.17, 15) is 19.2 Å². The van der Waals surface area contributed by atoms with Crippen molar-refractivity contribution in [3.8, 4) is 0 Å². The average molecular weight is 331 g/mol. The number of hydrogen-bond acceptors (Lipinski definition) is 7. The molecule has 0 aromatic carbocycles. The minimum atomic E-state index is -1.17. The second-order valence-electron chi connectivity index (χ2n) is 5.97. The summed E-state index contributed by atoms with van der Waals surface area (Å²) < 4.78 is 8.96. The maximum Gasteiger partial charge on any atom is 0.413 e. The van der Waals surface area contributed by atoms with Crippen molar-refractivity contribution in [2.24, 2.45) is 11.8 Å². The van der Waals surface area contributed by atoms with Gasteiger partial charge in [-0.25, -0.2) is 4.79 Å². The van der Waals surface area contributed by atoms with Crippen LogP contribution in [0, 0.1) is 11.8 Å². The van der Waals surface area contributed by atoms with Crippen molar-refractivity contribution < 1.29 is 28.7 Å². The lowest BCUT2D eigenvalue weighted by atomic mass is 9.85. The van der Waals surface area contributed by atoms with Gasteiger partial charge in [0, 0.05) is 11.2 Å². The second-order valence-corrected chi connectivity index (χ2v) is 7.85. The zero-order valence-electron chi connectivity index (χ0n) is 13.1. The molecular weight excluding hydrogens is 310 g/mol. The SMILES string of the molecule is COC(=O)NC(=O)[C@H]1C(=O)OCC[C@@H]1CC(=O)SC(C)(C)C. The van der Waals surface area contributed by atoms with E-state index in [-0.39, 0.29) is 22.9 Å². The monoisotopic (exact) mass is 331 g/mol. The summed E-state index contributed by atoms with van der Waals surface area (Å²) in [4.78, 5) is 47.0. The van der Waals surface area contributed by atoms with Gasteiger partial charge in [-0.3, -0.25) is 19.7 Å². The van der Waals surface area contributed by atoms with E-state index in [0.717, 1.165) is 7.11 Å². The van der Waals surface area contributed by atoms with Crippen LogP contribution in [-0.4, -0.2) is 41.5 Å². The van der Waals surface area contributed by atoms with Crippen molar-refractivity contribution in [3.63, 3.8) is 0 Å². The van der Waals surface area contributed by atoms with Gasteiger partial charge >= 0.3 is 12.1 Å². The number of carbonyl (C=O) groups excluding carboxylic acids is 4. The molecule has 0 saturated carbocycles. The number of thioether (sulfide) groups is 1. The number of ether oxygens (including phenoxy) is 2. The molecule has 7 nitrogen and oxygen atoms in total. The molecule has 0 radical (unpaired) electrons. The molecule has 0 aliphatic carbocycles. The summed E-state index contributed by atoms with van der Waals surface area (Å²) in [5.41, 5.74) is 0. The van der Waals surface area contributed by atoms with E-state index < -0.39 is 29.8 Å². The van der Waals surface area contributed by atoms with Crippen molar-refractivity contribution in [3.05, 3.63) is 0 Å². The Balaban J connectivity index is 2.77. The number of amides is 2. The number of methoxy groups -OCH3 is 1. The standard InChI is InChI=1S/C14H21NO6S/c1-14(2,3)22-9(16)7-8-5-6-21-12(18)10(8)11(17)15-13(19)20-4/h8,10H,5-7H2,1-4H3,(H,15,17,19)/t8-,10+/m1/s1. The van der Waals surface area contributed by atoms with Gasteiger partial charge in [-0.15, -0.1) is 0 Å². The summed E-state index contributed by atoms with van der Waals surface area (Å²) in [6, 6.07) is 0. The molecule has 1 aliphatic rings. The van der Waals surface area contributed by atoms with E-state index in [2.05, 4.69) is 4.74 Å². The fraction of sp³-hybridized carbons (Fsp3) is 0.714. The summed E-state index contributed by atoms with van der Waals surface area (Å²) >= 11 is 1.17. The van der Waals surface area contributed by atoms with E-state index in [0.29, 0.717) is 6.42 Å². The van der Waals surface area contributed by atoms with Crippen LogP contribution < -0.4 is 5.32 Å². The zero-order valence-corrected chi connectivity index (χ0v) is 14.0. The van der Waals surface area contributed by atoms with Crippen molar-refractivity contribution in [1.29, 1.82) is 0 Å². The molecule has 1 N–H and O–H groups in total. The fourth-order valence-corrected chi connectivity index (χ4v) is 3.11. The number of cyclic esters (lactones) is 1. The van der Waals surface area contributed by atoms with Crippen LogP contribution in [-0.2, 0) is 23.9 Å². The normalized spacial score (nSPS) is 21.7. The summed E-state index contributed by atoms with van der Waals surface area (Å²) in [6.07, 6.45) is -0.463. The van der Waals surface area contributed by atoms with E-state index in [1.165, 1.54) is 11.8 Å². The molecule has 124 valence electrons. The average Bonchev–Trinajstić information content (AvgIpc) is 2.35. The first-order valence-electron chi connectivity index (χ1n) is 6.91. The van der Waals surface area contributed by atoms with Crippen molar-refractivity contribution in [2.45, 2.75) is 38.4 Å². The van der Waals surface area contributed by atoms with Crippen molar-refractivity contribution in [2.75, 3.05) is 13.7 Å². The number of hydrogen-bond donors (Lipinski definition) is 1. The van der Waals surface area contributed by atoms with Gasteiger partial charge in [-0.05, 0) is 12.3 Å². The van der Waals surface area contributed by atoms with Crippen LogP contribution in [0.25, 0.3) is 0 Å². The van der Waals surface area contributed by atoms with Crippen molar-refractivity contribution >= 4 is 34.8 Å². The van der Waals surface area contributed by atoms with E-state index in [1.807, 2.05) is 26.1 Å². The molecule has 1 heterocycles. The Labute approximate surface area is 133 Å². The topological polar surface area (TPSA) is 98.8 Å². The number of rotatable bonds is 3. The fourth-order valence-electron chi connectivity index (χ4n) is 2.13. The van der Waals surface area contributed by atoms with Gasteiger partial charge in [0.1, 0.15) is 5.92 Å². The minimum Gasteiger partial charge on any atom is -0.465 e. The van der Waals surface area contributed by atoms with Gasteiger partial charge in [-0.2, -0.15) is 0 Å². The lowest BCUT2D eigenvalue weighted by Crippen LogP contribution is -2.46. The van der Waals surface area contributed by atoms with Crippen molar-refractivity contribution in [1.82, 2.24) is 5.32 Å². The van der Waals surface area contributed by atoms with Gasteiger partial charge in [-0.1, -0.05) is 32.5 Å². The van der Waals surface area contributed by atoms with Crippen LogP contribution in [0.2, 0.25) is 0 Å². The van der Waals surface area contributed by atoms with Crippen LogP contribution in [0.5, 0.6) is 0 Å². The largest absolute Gasteiger partial charge is 0.465 e. The maximum absolute atomic E-state index is 12.1. The molecule has 0 aromatic heterocycles. The maximum atomic E-state index is 12.1. The Morgan fingerprint density at radius 1 is 1.36 bits per heavy atom. The lowest BCUT2D eigenvalue weighted by Gasteiger charge is -2.29. The second kappa shape index (κ2) is 7.62. The highest BCUT2D eigenvalue weighted by Gasteiger charge is 2.41. The van der Waals surface area contributed by atoms with Crippen LogP contribution in [0.4, 0.5) is 4.79 Å². The van der Waals surface area contributed by atoms with Crippen LogP contribution in [0.3, 0.4) is 0 Å². The van der Waals surface area contributed by atoms with Crippen LogP contribution in [0.1, 0.15) is 33.6 Å². The van der Waals surface area contributed by atoms with E-state index >= 15 is 0 Å². The van der Waals surface area contributed by atoms with E-state index in [4.69, 9.17) is 4.74 Å². The Kier molecular flexibility index (Phi) is 6.40. The molecule has 1 rings (SSSR count). The quantitative estimate of drug-likeness (QED) is 0.618. The molecule has 2 amide bonds. The molecule has 2 atom stereocenters. The first kappa shape index (κ1) is 18.5. The first-order valence-corrected chi connectivity index (χ1v) is 7.73. The van der Waals surface area contributed by atoms with Crippen LogP contribution >= 0.6 is 11.8 Å². The molecule has 8 heteroatoms. The molecule has 1 aliphatic heterocycles. The third-order valence-electron chi connectivity index (χ3n) is 3.00. The lowest BCUT2D eigenvalue weighted by molar-refractivity contribution is -0.160. The predicted octanol–water partition coefficient (Wildman–Crippen LogP) is 1.50.